The average molecular weight is 257 g/mol. The number of carbonyl (C=O) groups is 2. The van der Waals surface area contributed by atoms with Gasteiger partial charge in [0.2, 0.25) is 0 Å². The second-order valence-corrected chi connectivity index (χ2v) is 3.90. The van der Waals surface area contributed by atoms with Gasteiger partial charge in [-0.15, -0.1) is 0 Å². The quantitative estimate of drug-likeness (QED) is 0.735. The highest BCUT2D eigenvalue weighted by Crippen LogP contribution is 2.23. The molecule has 2 aromatic carbocycles. The SMILES string of the molecule is O=Cc1ccc(NC(=O)c2ccc(O)cc2O)cc1. The molecule has 0 atom stereocenters. The normalized spacial score (nSPS) is 9.89. The summed E-state index contributed by atoms with van der Waals surface area (Å²) in [6.45, 7) is 0. The van der Waals surface area contributed by atoms with Crippen molar-refractivity contribution in [1.29, 1.82) is 0 Å². The number of phenolic OH excluding ortho intramolecular Hbond substituents is 2. The van der Waals surface area contributed by atoms with Gasteiger partial charge >= 0.3 is 0 Å². The predicted octanol–water partition coefficient (Wildman–Crippen LogP) is 2.16. The fraction of sp³-hybridized carbons (Fsp3) is 0. The molecule has 0 aliphatic rings. The van der Waals surface area contributed by atoms with E-state index in [1.807, 2.05) is 0 Å². The number of amides is 1. The highest BCUT2D eigenvalue weighted by atomic mass is 16.3. The van der Waals surface area contributed by atoms with E-state index in [2.05, 4.69) is 5.32 Å². The molecule has 0 unspecified atom stereocenters. The second-order valence-electron chi connectivity index (χ2n) is 3.90. The molecule has 19 heavy (non-hydrogen) atoms. The summed E-state index contributed by atoms with van der Waals surface area (Å²) in [5, 5.41) is 21.3. The van der Waals surface area contributed by atoms with E-state index in [1.54, 1.807) is 24.3 Å². The molecule has 0 radical (unpaired) electrons. The number of hydrogen-bond donors (Lipinski definition) is 3. The van der Waals surface area contributed by atoms with Crippen molar-refractivity contribution in [3.63, 3.8) is 0 Å². The van der Waals surface area contributed by atoms with Crippen LogP contribution in [-0.4, -0.2) is 22.4 Å². The molecular weight excluding hydrogens is 246 g/mol. The second kappa shape index (κ2) is 5.22. The van der Waals surface area contributed by atoms with E-state index in [1.165, 1.54) is 12.1 Å². The summed E-state index contributed by atoms with van der Waals surface area (Å²) in [7, 11) is 0. The molecule has 3 N–H and O–H groups in total. The topological polar surface area (TPSA) is 86.6 Å². The predicted molar refractivity (Wildman–Crippen MR) is 69.6 cm³/mol. The number of aromatic hydroxyl groups is 2. The van der Waals surface area contributed by atoms with E-state index >= 15 is 0 Å². The van der Waals surface area contributed by atoms with Crippen LogP contribution in [0.5, 0.6) is 11.5 Å². The van der Waals surface area contributed by atoms with E-state index in [-0.39, 0.29) is 17.1 Å². The van der Waals surface area contributed by atoms with Gasteiger partial charge < -0.3 is 15.5 Å². The van der Waals surface area contributed by atoms with Crippen LogP contribution in [0.1, 0.15) is 20.7 Å². The molecule has 0 fully saturated rings. The lowest BCUT2D eigenvalue weighted by molar-refractivity contribution is 0.102. The van der Waals surface area contributed by atoms with Crippen molar-refractivity contribution in [2.24, 2.45) is 0 Å². The molecular formula is C14H11NO4. The van der Waals surface area contributed by atoms with Crippen molar-refractivity contribution >= 4 is 17.9 Å². The van der Waals surface area contributed by atoms with E-state index in [0.29, 0.717) is 17.5 Å². The molecule has 0 saturated heterocycles. The van der Waals surface area contributed by atoms with Crippen molar-refractivity contribution in [1.82, 2.24) is 0 Å². The zero-order chi connectivity index (χ0) is 13.8. The number of nitrogens with one attached hydrogen (secondary N) is 1. The summed E-state index contributed by atoms with van der Waals surface area (Å²) < 4.78 is 0. The van der Waals surface area contributed by atoms with E-state index in [0.717, 1.165) is 6.07 Å². The summed E-state index contributed by atoms with van der Waals surface area (Å²) in [5.41, 5.74) is 1.06. The lowest BCUT2D eigenvalue weighted by Crippen LogP contribution is -2.11. The van der Waals surface area contributed by atoms with Crippen molar-refractivity contribution < 1.29 is 19.8 Å². The molecule has 2 rings (SSSR count). The zero-order valence-corrected chi connectivity index (χ0v) is 9.83. The molecule has 96 valence electrons. The van der Waals surface area contributed by atoms with Gasteiger partial charge in [-0.1, -0.05) is 0 Å². The number of anilines is 1. The third kappa shape index (κ3) is 2.90. The van der Waals surface area contributed by atoms with Crippen molar-refractivity contribution in [3.05, 3.63) is 53.6 Å². The molecule has 0 spiro atoms. The van der Waals surface area contributed by atoms with Gasteiger partial charge in [0.25, 0.3) is 5.91 Å². The van der Waals surface area contributed by atoms with Crippen LogP contribution in [0.4, 0.5) is 5.69 Å². The first-order chi connectivity index (χ1) is 9.10. The average Bonchev–Trinajstić information content (AvgIpc) is 2.39. The molecule has 5 nitrogen and oxygen atoms in total. The number of aldehydes is 1. The minimum atomic E-state index is -0.503. The van der Waals surface area contributed by atoms with Crippen LogP contribution in [0.3, 0.4) is 0 Å². The number of carbonyl (C=O) groups excluding carboxylic acids is 2. The lowest BCUT2D eigenvalue weighted by Gasteiger charge is -2.07. The summed E-state index contributed by atoms with van der Waals surface area (Å²) in [5.74, 6) is -0.928. The van der Waals surface area contributed by atoms with Crippen LogP contribution < -0.4 is 5.32 Å². The molecule has 0 aromatic heterocycles. The Morgan fingerprint density at radius 2 is 1.74 bits per heavy atom. The van der Waals surface area contributed by atoms with Gasteiger partial charge in [-0.2, -0.15) is 0 Å². The van der Waals surface area contributed by atoms with Crippen LogP contribution in [0, 0.1) is 0 Å². The van der Waals surface area contributed by atoms with Gasteiger partial charge in [-0.05, 0) is 36.4 Å². The van der Waals surface area contributed by atoms with Crippen molar-refractivity contribution in [3.8, 4) is 11.5 Å². The third-order valence-electron chi connectivity index (χ3n) is 2.53. The van der Waals surface area contributed by atoms with E-state index < -0.39 is 5.91 Å². The Morgan fingerprint density at radius 3 is 2.32 bits per heavy atom. The maximum Gasteiger partial charge on any atom is 0.259 e. The van der Waals surface area contributed by atoms with E-state index in [9.17, 15) is 14.7 Å². The fourth-order valence-electron chi connectivity index (χ4n) is 1.56. The van der Waals surface area contributed by atoms with Crippen molar-refractivity contribution in [2.75, 3.05) is 5.32 Å². The summed E-state index contributed by atoms with van der Waals surface area (Å²) in [4.78, 5) is 22.4. The Hall–Kier alpha value is -2.82. The highest BCUT2D eigenvalue weighted by Gasteiger charge is 2.11. The summed E-state index contributed by atoms with van der Waals surface area (Å²) in [6, 6.07) is 10.0. The Kier molecular flexibility index (Phi) is 3.47. The van der Waals surface area contributed by atoms with Gasteiger partial charge in [0.15, 0.2) is 0 Å². The van der Waals surface area contributed by atoms with E-state index in [4.69, 9.17) is 5.11 Å². The maximum atomic E-state index is 11.9. The monoisotopic (exact) mass is 257 g/mol. The summed E-state index contributed by atoms with van der Waals surface area (Å²) in [6.07, 6.45) is 0.706. The highest BCUT2D eigenvalue weighted by molar-refractivity contribution is 6.06. The molecule has 0 bridgehead atoms. The first-order valence-corrected chi connectivity index (χ1v) is 5.49. The van der Waals surface area contributed by atoms with Crippen LogP contribution in [-0.2, 0) is 0 Å². The Bertz CT molecular complexity index is 620. The van der Waals surface area contributed by atoms with Gasteiger partial charge in [-0.3, -0.25) is 9.59 Å². The minimum Gasteiger partial charge on any atom is -0.508 e. The van der Waals surface area contributed by atoms with Gasteiger partial charge in [0.1, 0.15) is 17.8 Å². The maximum absolute atomic E-state index is 11.9. The van der Waals surface area contributed by atoms with Crippen LogP contribution in [0.15, 0.2) is 42.5 Å². The van der Waals surface area contributed by atoms with Crippen molar-refractivity contribution in [2.45, 2.75) is 0 Å². The molecule has 0 aliphatic heterocycles. The molecule has 1 amide bonds. The van der Waals surface area contributed by atoms with Gasteiger partial charge in [0, 0.05) is 17.3 Å². The minimum absolute atomic E-state index is 0.0530. The van der Waals surface area contributed by atoms with Gasteiger partial charge in [-0.25, -0.2) is 0 Å². The van der Waals surface area contributed by atoms with Crippen LogP contribution in [0.2, 0.25) is 0 Å². The fourth-order valence-corrected chi connectivity index (χ4v) is 1.56. The summed E-state index contributed by atoms with van der Waals surface area (Å²) >= 11 is 0. The molecule has 0 heterocycles. The first kappa shape index (κ1) is 12.6. The molecule has 5 heteroatoms. The zero-order valence-electron chi connectivity index (χ0n) is 9.83. The Morgan fingerprint density at radius 1 is 1.05 bits per heavy atom. The smallest absolute Gasteiger partial charge is 0.259 e. The van der Waals surface area contributed by atoms with Crippen LogP contribution >= 0.6 is 0 Å². The Labute approximate surface area is 109 Å². The number of hydrogen-bond acceptors (Lipinski definition) is 4. The molecule has 0 aliphatic carbocycles. The standard InChI is InChI=1S/C14H11NO4/c16-8-9-1-3-10(4-2-9)15-14(19)12-6-5-11(17)7-13(12)18/h1-8,17-18H,(H,15,19). The van der Waals surface area contributed by atoms with Gasteiger partial charge in [0.05, 0.1) is 5.56 Å². The third-order valence-corrected chi connectivity index (χ3v) is 2.53. The number of phenols is 2. The first-order valence-electron chi connectivity index (χ1n) is 5.49. The Balaban J connectivity index is 2.18. The number of rotatable bonds is 3. The lowest BCUT2D eigenvalue weighted by atomic mass is 10.1. The van der Waals surface area contributed by atoms with Crippen LogP contribution in [0.25, 0.3) is 0 Å². The molecule has 0 saturated carbocycles. The molecule has 2 aromatic rings. The number of benzene rings is 2. The largest absolute Gasteiger partial charge is 0.508 e.